The van der Waals surface area contributed by atoms with Crippen molar-refractivity contribution in [1.29, 1.82) is 0 Å². The highest BCUT2D eigenvalue weighted by Crippen LogP contribution is 2.36. The number of carboxylic acid groups (broad SMARTS) is 1. The number of anilines is 1. The molecule has 1 unspecified atom stereocenters. The summed E-state index contributed by atoms with van der Waals surface area (Å²) in [6, 6.07) is 0. The van der Waals surface area contributed by atoms with E-state index in [0.717, 1.165) is 18.8 Å². The number of hydrogen-bond donors (Lipinski definition) is 1. The van der Waals surface area contributed by atoms with E-state index in [-0.39, 0.29) is 5.69 Å². The van der Waals surface area contributed by atoms with Gasteiger partial charge in [0.1, 0.15) is 12.4 Å². The number of carboxylic acids is 1. The Morgan fingerprint density at radius 1 is 1.55 bits per heavy atom. The third kappa shape index (κ3) is 2.54. The molecule has 0 spiro atoms. The standard InChI is InChI=1S/C12H16N4O4/c1-2-3-12(10(17)18)4-5-15(8-12)11-13-6-9(7-14-11)16(19)20/h6-7H,2-5,8H2,1H3,(H,17,18). The molecule has 1 aliphatic rings. The van der Waals surface area contributed by atoms with E-state index in [1.54, 1.807) is 4.90 Å². The Labute approximate surface area is 115 Å². The number of aromatic nitrogens is 2. The molecule has 0 saturated carbocycles. The zero-order chi connectivity index (χ0) is 14.8. The van der Waals surface area contributed by atoms with E-state index in [1.165, 1.54) is 0 Å². The van der Waals surface area contributed by atoms with Gasteiger partial charge in [-0.05, 0) is 12.8 Å². The molecule has 8 heteroatoms. The second-order valence-corrected chi connectivity index (χ2v) is 5.01. The molecular weight excluding hydrogens is 264 g/mol. The van der Waals surface area contributed by atoms with Crippen LogP contribution in [-0.2, 0) is 4.79 Å². The Morgan fingerprint density at radius 3 is 2.70 bits per heavy atom. The third-order valence-electron chi connectivity index (χ3n) is 3.65. The highest BCUT2D eigenvalue weighted by Gasteiger charge is 2.44. The predicted molar refractivity (Wildman–Crippen MR) is 70.5 cm³/mol. The van der Waals surface area contributed by atoms with Gasteiger partial charge in [0.2, 0.25) is 5.95 Å². The minimum atomic E-state index is -0.802. The summed E-state index contributed by atoms with van der Waals surface area (Å²) < 4.78 is 0. The summed E-state index contributed by atoms with van der Waals surface area (Å²) in [6.45, 7) is 2.84. The minimum Gasteiger partial charge on any atom is -0.481 e. The number of aliphatic carboxylic acids is 1. The zero-order valence-electron chi connectivity index (χ0n) is 11.2. The minimum absolute atomic E-state index is 0.175. The average molecular weight is 280 g/mol. The molecule has 20 heavy (non-hydrogen) atoms. The quantitative estimate of drug-likeness (QED) is 0.642. The Morgan fingerprint density at radius 2 is 2.20 bits per heavy atom. The summed E-state index contributed by atoms with van der Waals surface area (Å²) in [4.78, 5) is 31.1. The van der Waals surface area contributed by atoms with Crippen LogP contribution in [-0.4, -0.2) is 39.1 Å². The molecule has 1 atom stereocenters. The topological polar surface area (TPSA) is 109 Å². The zero-order valence-corrected chi connectivity index (χ0v) is 11.2. The van der Waals surface area contributed by atoms with Gasteiger partial charge in [-0.25, -0.2) is 9.97 Å². The van der Waals surface area contributed by atoms with E-state index in [0.29, 0.717) is 31.9 Å². The van der Waals surface area contributed by atoms with E-state index < -0.39 is 16.3 Å². The van der Waals surface area contributed by atoms with Gasteiger partial charge in [-0.1, -0.05) is 13.3 Å². The summed E-state index contributed by atoms with van der Waals surface area (Å²) in [5, 5.41) is 20.0. The van der Waals surface area contributed by atoms with Crippen molar-refractivity contribution >= 4 is 17.6 Å². The van der Waals surface area contributed by atoms with Gasteiger partial charge in [0.25, 0.3) is 0 Å². The Hall–Kier alpha value is -2.25. The smallest absolute Gasteiger partial charge is 0.311 e. The van der Waals surface area contributed by atoms with E-state index in [4.69, 9.17) is 0 Å². The van der Waals surface area contributed by atoms with Crippen LogP contribution in [0.1, 0.15) is 26.2 Å². The van der Waals surface area contributed by atoms with E-state index in [9.17, 15) is 20.0 Å². The van der Waals surface area contributed by atoms with Crippen LogP contribution in [0, 0.1) is 15.5 Å². The highest BCUT2D eigenvalue weighted by atomic mass is 16.6. The average Bonchev–Trinajstić information content (AvgIpc) is 2.85. The van der Waals surface area contributed by atoms with Crippen molar-refractivity contribution < 1.29 is 14.8 Å². The number of nitro groups is 1. The number of rotatable bonds is 5. The maximum Gasteiger partial charge on any atom is 0.311 e. The summed E-state index contributed by atoms with van der Waals surface area (Å²) in [6.07, 6.45) is 4.22. The Balaban J connectivity index is 2.15. The first kappa shape index (κ1) is 14.2. The second kappa shape index (κ2) is 5.40. The van der Waals surface area contributed by atoms with Crippen molar-refractivity contribution in [1.82, 2.24) is 9.97 Å². The molecule has 2 heterocycles. The van der Waals surface area contributed by atoms with Gasteiger partial charge >= 0.3 is 11.7 Å². The van der Waals surface area contributed by atoms with Crippen molar-refractivity contribution in [2.45, 2.75) is 26.2 Å². The molecule has 1 aromatic heterocycles. The highest BCUT2D eigenvalue weighted by molar-refractivity contribution is 5.76. The molecule has 1 fully saturated rings. The first-order chi connectivity index (χ1) is 9.48. The lowest BCUT2D eigenvalue weighted by atomic mass is 9.83. The van der Waals surface area contributed by atoms with Crippen LogP contribution in [0.4, 0.5) is 11.6 Å². The van der Waals surface area contributed by atoms with Crippen molar-refractivity contribution in [2.24, 2.45) is 5.41 Å². The van der Waals surface area contributed by atoms with Crippen molar-refractivity contribution in [3.63, 3.8) is 0 Å². The summed E-state index contributed by atoms with van der Waals surface area (Å²) in [5.41, 5.74) is -0.939. The maximum absolute atomic E-state index is 11.5. The molecule has 1 saturated heterocycles. The molecule has 1 aliphatic heterocycles. The number of nitrogens with zero attached hydrogens (tertiary/aromatic N) is 4. The molecule has 0 aromatic carbocycles. The fraction of sp³-hybridized carbons (Fsp3) is 0.583. The van der Waals surface area contributed by atoms with Crippen LogP contribution in [0.25, 0.3) is 0 Å². The first-order valence-electron chi connectivity index (χ1n) is 6.43. The van der Waals surface area contributed by atoms with Crippen LogP contribution in [0.15, 0.2) is 12.4 Å². The van der Waals surface area contributed by atoms with Gasteiger partial charge in [-0.3, -0.25) is 14.9 Å². The Bertz CT molecular complexity index is 519. The molecule has 2 rings (SSSR count). The lowest BCUT2D eigenvalue weighted by molar-refractivity contribution is -0.385. The Kier molecular flexibility index (Phi) is 3.82. The van der Waals surface area contributed by atoms with Crippen molar-refractivity contribution in [3.8, 4) is 0 Å². The lowest BCUT2D eigenvalue weighted by Crippen LogP contribution is -2.35. The van der Waals surface area contributed by atoms with E-state index >= 15 is 0 Å². The fourth-order valence-corrected chi connectivity index (χ4v) is 2.58. The molecule has 0 bridgehead atoms. The number of hydrogen-bond acceptors (Lipinski definition) is 6. The third-order valence-corrected chi connectivity index (χ3v) is 3.65. The second-order valence-electron chi connectivity index (χ2n) is 5.01. The fourth-order valence-electron chi connectivity index (χ4n) is 2.58. The predicted octanol–water partition coefficient (Wildman–Crippen LogP) is 1.47. The normalized spacial score (nSPS) is 21.9. The van der Waals surface area contributed by atoms with Gasteiger partial charge in [0.05, 0.1) is 10.3 Å². The van der Waals surface area contributed by atoms with Gasteiger partial charge in [-0.2, -0.15) is 0 Å². The van der Waals surface area contributed by atoms with Crippen LogP contribution in [0.5, 0.6) is 0 Å². The van der Waals surface area contributed by atoms with Crippen LogP contribution in [0.3, 0.4) is 0 Å². The van der Waals surface area contributed by atoms with Gasteiger partial charge in [-0.15, -0.1) is 0 Å². The van der Waals surface area contributed by atoms with Crippen molar-refractivity contribution in [2.75, 3.05) is 18.0 Å². The molecule has 0 amide bonds. The monoisotopic (exact) mass is 280 g/mol. The molecule has 1 N–H and O–H groups in total. The first-order valence-corrected chi connectivity index (χ1v) is 6.43. The van der Waals surface area contributed by atoms with Crippen LogP contribution in [0.2, 0.25) is 0 Å². The molecule has 0 aliphatic carbocycles. The molecule has 0 radical (unpaired) electrons. The largest absolute Gasteiger partial charge is 0.481 e. The van der Waals surface area contributed by atoms with Gasteiger partial charge in [0, 0.05) is 13.1 Å². The van der Waals surface area contributed by atoms with Gasteiger partial charge < -0.3 is 10.0 Å². The molecular formula is C12H16N4O4. The van der Waals surface area contributed by atoms with E-state index in [2.05, 4.69) is 9.97 Å². The SMILES string of the molecule is CCCC1(C(=O)O)CCN(c2ncc([N+](=O)[O-])cn2)C1. The molecule has 8 nitrogen and oxygen atoms in total. The van der Waals surface area contributed by atoms with Gasteiger partial charge in [0.15, 0.2) is 0 Å². The lowest BCUT2D eigenvalue weighted by Gasteiger charge is -2.24. The van der Waals surface area contributed by atoms with E-state index in [1.807, 2.05) is 6.92 Å². The van der Waals surface area contributed by atoms with Crippen molar-refractivity contribution in [3.05, 3.63) is 22.5 Å². The van der Waals surface area contributed by atoms with Crippen LogP contribution < -0.4 is 4.90 Å². The summed E-state index contributed by atoms with van der Waals surface area (Å²) >= 11 is 0. The summed E-state index contributed by atoms with van der Waals surface area (Å²) in [5.74, 6) is -0.460. The number of carbonyl (C=O) groups is 1. The maximum atomic E-state index is 11.5. The molecule has 108 valence electrons. The summed E-state index contributed by atoms with van der Waals surface area (Å²) in [7, 11) is 0. The van der Waals surface area contributed by atoms with Crippen LogP contribution >= 0.6 is 0 Å². The molecule has 1 aromatic rings.